The van der Waals surface area contributed by atoms with Crippen LogP contribution in [0.3, 0.4) is 0 Å². The minimum Gasteiger partial charge on any atom is -0.476 e. The summed E-state index contributed by atoms with van der Waals surface area (Å²) in [4.78, 5) is 13.9. The van der Waals surface area contributed by atoms with Crippen molar-refractivity contribution in [3.05, 3.63) is 7.05 Å². The standard InChI is InChI=1S/C6H11N2O2.2Pm/c1-7-2-3-8(4-5-9)6(7)10;;/h9H,1-5H2;;/q-1;;. The Balaban J connectivity index is 0. The number of carbonyl (C=O) groups excluding carboxylic acids is 1. The van der Waals surface area contributed by atoms with E-state index in [2.05, 4.69) is 7.05 Å². The molecule has 1 saturated heterocycles. The third-order valence-electron chi connectivity index (χ3n) is 1.55. The van der Waals surface area contributed by atoms with E-state index in [-0.39, 0.29) is 93.4 Å². The van der Waals surface area contributed by atoms with Crippen molar-refractivity contribution in [3.8, 4) is 0 Å². The molecule has 2 amide bonds. The normalized spacial score (nSPS) is 15.7. The third-order valence-corrected chi connectivity index (χ3v) is 1.55. The summed E-state index contributed by atoms with van der Waals surface area (Å²) in [5, 5.41) is 8.50. The third kappa shape index (κ3) is 4.42. The number of hydrogen-bond donors (Lipinski definition) is 1. The van der Waals surface area contributed by atoms with Gasteiger partial charge in [0.2, 0.25) is 0 Å². The van der Waals surface area contributed by atoms with Gasteiger partial charge >= 0.3 is 0 Å². The maximum absolute atomic E-state index is 11.0. The number of nitrogens with zero attached hydrogens (tertiary/aromatic N) is 2. The zero-order valence-electron chi connectivity index (χ0n) is 6.68. The van der Waals surface area contributed by atoms with E-state index >= 15 is 0 Å². The second-order valence-corrected chi connectivity index (χ2v) is 2.26. The number of aliphatic hydroxyl groups is 1. The summed E-state index contributed by atoms with van der Waals surface area (Å²) in [6, 6.07) is -0.0888. The Bertz CT molecular complexity index is 144. The summed E-state index contributed by atoms with van der Waals surface area (Å²) < 4.78 is 0. The van der Waals surface area contributed by atoms with Crippen LogP contribution >= 0.6 is 0 Å². The van der Waals surface area contributed by atoms with Crippen molar-refractivity contribution < 1.29 is 90.7 Å². The number of aliphatic hydroxyl groups excluding tert-OH is 1. The van der Waals surface area contributed by atoms with Gasteiger partial charge in [-0.1, -0.05) is 0 Å². The number of urea groups is 1. The summed E-state index contributed by atoms with van der Waals surface area (Å²) in [6.07, 6.45) is 0. The van der Waals surface area contributed by atoms with Gasteiger partial charge in [-0.05, 0) is 0 Å². The van der Waals surface area contributed by atoms with Crippen molar-refractivity contribution in [1.29, 1.82) is 0 Å². The number of amides is 2. The van der Waals surface area contributed by atoms with Crippen molar-refractivity contribution in [3.63, 3.8) is 0 Å². The fourth-order valence-corrected chi connectivity index (χ4v) is 0.961. The molecule has 0 aromatic carbocycles. The van der Waals surface area contributed by atoms with E-state index in [0.717, 1.165) is 0 Å². The molecule has 6 heteroatoms. The second-order valence-electron chi connectivity index (χ2n) is 2.26. The molecule has 0 aromatic rings. The van der Waals surface area contributed by atoms with E-state index in [9.17, 15) is 4.79 Å². The van der Waals surface area contributed by atoms with Crippen LogP contribution in [-0.2, 0) is 0 Å². The van der Waals surface area contributed by atoms with Gasteiger partial charge < -0.3 is 14.9 Å². The van der Waals surface area contributed by atoms with Crippen molar-refractivity contribution >= 4 is 6.03 Å². The SMILES string of the molecule is [CH2-]N1CCN(CCO)C1=O.[Pm].[Pm]. The Morgan fingerprint density at radius 1 is 1.42 bits per heavy atom. The van der Waals surface area contributed by atoms with Crippen LogP contribution in [0, 0.1) is 87.8 Å². The molecule has 0 aromatic heterocycles. The van der Waals surface area contributed by atoms with Crippen LogP contribution in [0.2, 0.25) is 0 Å². The van der Waals surface area contributed by atoms with Gasteiger partial charge in [-0.3, -0.25) is 11.8 Å². The van der Waals surface area contributed by atoms with Crippen molar-refractivity contribution in [2.24, 2.45) is 0 Å². The zero-order valence-corrected chi connectivity index (χ0v) is 12.4. The molecule has 68 valence electrons. The molecule has 1 fully saturated rings. The first-order valence-electron chi connectivity index (χ1n) is 3.23. The first-order valence-corrected chi connectivity index (χ1v) is 3.23. The van der Waals surface area contributed by atoms with Crippen LogP contribution in [0.25, 0.3) is 0 Å². The molecular weight excluding hydrogens is 422 g/mol. The van der Waals surface area contributed by atoms with Gasteiger partial charge in [-0.15, -0.1) is 0 Å². The van der Waals surface area contributed by atoms with Crippen LogP contribution in [0.5, 0.6) is 0 Å². The monoisotopic (exact) mass is 433 g/mol. The molecule has 1 N–H and O–H groups in total. The summed E-state index contributed by atoms with van der Waals surface area (Å²) in [7, 11) is 3.51. The minimum atomic E-state index is -0.0888. The van der Waals surface area contributed by atoms with Gasteiger partial charge in [0.25, 0.3) is 6.03 Å². The van der Waals surface area contributed by atoms with Gasteiger partial charge in [-0.25, -0.2) is 0 Å². The summed E-state index contributed by atoms with van der Waals surface area (Å²) in [5.41, 5.74) is 0. The van der Waals surface area contributed by atoms with Crippen LogP contribution < -0.4 is 0 Å². The fraction of sp³-hybridized carbons (Fsp3) is 0.667. The molecule has 4 nitrogen and oxygen atoms in total. The summed E-state index contributed by atoms with van der Waals surface area (Å²) in [6.45, 7) is 1.80. The van der Waals surface area contributed by atoms with Crippen LogP contribution in [0.15, 0.2) is 0 Å². The maximum Gasteiger partial charge on any atom is 0.290 e. The molecule has 0 saturated carbocycles. The average Bonchev–Trinajstić information content (AvgIpc) is 2.20. The Morgan fingerprint density at radius 2 is 2.00 bits per heavy atom. The van der Waals surface area contributed by atoms with Gasteiger partial charge in [0.1, 0.15) is 0 Å². The van der Waals surface area contributed by atoms with Crippen molar-refractivity contribution in [2.75, 3.05) is 26.2 Å². The largest absolute Gasteiger partial charge is 0.476 e. The number of hydrogen-bond acceptors (Lipinski definition) is 2. The van der Waals surface area contributed by atoms with E-state index in [4.69, 9.17) is 5.11 Å². The molecule has 0 spiro atoms. The van der Waals surface area contributed by atoms with Crippen molar-refractivity contribution in [2.45, 2.75) is 0 Å². The molecule has 0 unspecified atom stereocenters. The van der Waals surface area contributed by atoms with Gasteiger partial charge in [0, 0.05) is 100 Å². The van der Waals surface area contributed by atoms with E-state index < -0.39 is 0 Å². The van der Waals surface area contributed by atoms with Gasteiger partial charge in [0.15, 0.2) is 0 Å². The second kappa shape index (κ2) is 8.23. The van der Waals surface area contributed by atoms with E-state index in [1.807, 2.05) is 0 Å². The molecule has 0 atom stereocenters. The Kier molecular flexibility index (Phi) is 11.2. The predicted octanol–water partition coefficient (Wildman–Crippen LogP) is -0.492. The van der Waals surface area contributed by atoms with Crippen LogP contribution in [0.4, 0.5) is 4.79 Å². The first-order chi connectivity index (χ1) is 4.75. The first kappa shape index (κ1) is 16.3. The Hall–Kier alpha value is 1.91. The minimum absolute atomic E-state index is 0. The average molecular weight is 433 g/mol. The molecule has 1 aliphatic rings. The van der Waals surface area contributed by atoms with Crippen molar-refractivity contribution in [1.82, 2.24) is 9.80 Å². The van der Waals surface area contributed by atoms with E-state index in [0.29, 0.717) is 19.6 Å². The molecule has 0 aliphatic carbocycles. The van der Waals surface area contributed by atoms with E-state index in [1.165, 1.54) is 4.90 Å². The van der Waals surface area contributed by atoms with Gasteiger partial charge in [-0.2, -0.15) is 0 Å². The molecule has 1 aliphatic heterocycles. The smallest absolute Gasteiger partial charge is 0.290 e. The molecule has 1 rings (SSSR count). The molecular formula is C6H11N2O2Pm2-. The number of β-amino-alcohol motifs (C(OH)–C–C–N with tert-alkyl or cyclic N) is 1. The molecule has 0 bridgehead atoms. The Morgan fingerprint density at radius 3 is 2.33 bits per heavy atom. The molecule has 1 heterocycles. The summed E-state index contributed by atoms with van der Waals surface area (Å²) in [5.74, 6) is 0. The quantitative estimate of drug-likeness (QED) is 0.598. The molecule has 12 heavy (non-hydrogen) atoms. The Labute approximate surface area is 137 Å². The fourth-order valence-electron chi connectivity index (χ4n) is 0.961. The maximum atomic E-state index is 11.0. The number of rotatable bonds is 2. The molecule has 2 radical (unpaired) electrons. The topological polar surface area (TPSA) is 43.8 Å². The van der Waals surface area contributed by atoms with Gasteiger partial charge in [0.05, 0.1) is 6.61 Å². The summed E-state index contributed by atoms with van der Waals surface area (Å²) >= 11 is 0. The van der Waals surface area contributed by atoms with E-state index in [1.54, 1.807) is 4.90 Å². The zero-order chi connectivity index (χ0) is 7.56. The number of carbonyl (C=O) groups is 1. The van der Waals surface area contributed by atoms with Crippen LogP contribution in [-0.4, -0.2) is 47.2 Å². The van der Waals surface area contributed by atoms with Crippen LogP contribution in [0.1, 0.15) is 0 Å². The predicted molar refractivity (Wildman–Crippen MR) is 36.1 cm³/mol.